The second-order valence-electron chi connectivity index (χ2n) is 6.21. The third-order valence-electron chi connectivity index (χ3n) is 4.54. The number of benzene rings is 3. The smallest absolute Gasteiger partial charge is 0.161 e. The largest absolute Gasteiger partial charge is 0.493 e. The summed E-state index contributed by atoms with van der Waals surface area (Å²) in [5, 5.41) is 4.69. The third kappa shape index (κ3) is 3.22. The van der Waals surface area contributed by atoms with E-state index in [-0.39, 0.29) is 5.82 Å². The minimum atomic E-state index is -0.341. The lowest BCUT2D eigenvalue weighted by Gasteiger charge is -2.11. The van der Waals surface area contributed by atoms with E-state index in [9.17, 15) is 4.39 Å². The molecule has 28 heavy (non-hydrogen) atoms. The number of rotatable bonds is 5. The lowest BCUT2D eigenvalue weighted by atomic mass is 10.1. The van der Waals surface area contributed by atoms with Crippen LogP contribution in [0.3, 0.4) is 0 Å². The van der Waals surface area contributed by atoms with E-state index in [1.807, 2.05) is 54.6 Å². The SMILES string of the molecule is COc1ccc(-c2cc(-c3ccccc3)nn2-c2ccccc2F)cc1OC. The number of ether oxygens (including phenoxy) is 2. The predicted molar refractivity (Wildman–Crippen MR) is 107 cm³/mol. The monoisotopic (exact) mass is 374 g/mol. The fourth-order valence-corrected chi connectivity index (χ4v) is 3.14. The van der Waals surface area contributed by atoms with Gasteiger partial charge in [0, 0.05) is 11.1 Å². The van der Waals surface area contributed by atoms with E-state index in [0.29, 0.717) is 17.2 Å². The van der Waals surface area contributed by atoms with Gasteiger partial charge in [-0.15, -0.1) is 0 Å². The van der Waals surface area contributed by atoms with Gasteiger partial charge in [-0.3, -0.25) is 0 Å². The van der Waals surface area contributed by atoms with Crippen LogP contribution < -0.4 is 9.47 Å². The first-order chi connectivity index (χ1) is 13.7. The molecule has 0 fully saturated rings. The number of para-hydroxylation sites is 1. The summed E-state index contributed by atoms with van der Waals surface area (Å²) in [6.45, 7) is 0. The van der Waals surface area contributed by atoms with E-state index in [0.717, 1.165) is 22.5 Å². The normalized spacial score (nSPS) is 10.7. The average Bonchev–Trinajstić information content (AvgIpc) is 3.19. The van der Waals surface area contributed by atoms with E-state index in [4.69, 9.17) is 14.6 Å². The van der Waals surface area contributed by atoms with E-state index in [1.54, 1.807) is 37.1 Å². The molecular formula is C23H19FN2O2. The maximum atomic E-state index is 14.5. The van der Waals surface area contributed by atoms with Crippen LogP contribution in [0.4, 0.5) is 4.39 Å². The van der Waals surface area contributed by atoms with E-state index in [2.05, 4.69) is 0 Å². The summed E-state index contributed by atoms with van der Waals surface area (Å²) in [4.78, 5) is 0. The molecule has 0 saturated heterocycles. The van der Waals surface area contributed by atoms with Gasteiger partial charge < -0.3 is 9.47 Å². The Balaban J connectivity index is 1.93. The van der Waals surface area contributed by atoms with Gasteiger partial charge in [0.25, 0.3) is 0 Å². The third-order valence-corrected chi connectivity index (χ3v) is 4.54. The van der Waals surface area contributed by atoms with Crippen molar-refractivity contribution in [3.63, 3.8) is 0 Å². The molecule has 0 bridgehead atoms. The molecule has 4 rings (SSSR count). The number of halogens is 1. The molecule has 1 heterocycles. The molecule has 0 unspecified atom stereocenters. The van der Waals surface area contributed by atoms with Crippen LogP contribution in [0.25, 0.3) is 28.2 Å². The quantitative estimate of drug-likeness (QED) is 0.472. The van der Waals surface area contributed by atoms with Crippen LogP contribution in [0.5, 0.6) is 11.5 Å². The summed E-state index contributed by atoms with van der Waals surface area (Å²) in [6, 6.07) is 24.0. The Kier molecular flexibility index (Phi) is 4.81. The fraction of sp³-hybridized carbons (Fsp3) is 0.0870. The zero-order valence-corrected chi connectivity index (χ0v) is 15.6. The molecule has 140 valence electrons. The lowest BCUT2D eigenvalue weighted by Crippen LogP contribution is -2.02. The van der Waals surface area contributed by atoms with Crippen molar-refractivity contribution in [2.75, 3.05) is 14.2 Å². The Hall–Kier alpha value is -3.60. The molecular weight excluding hydrogens is 355 g/mol. The van der Waals surface area contributed by atoms with Crippen molar-refractivity contribution in [1.29, 1.82) is 0 Å². The Morgan fingerprint density at radius 3 is 2.18 bits per heavy atom. The highest BCUT2D eigenvalue weighted by Crippen LogP contribution is 2.35. The molecule has 1 aromatic heterocycles. The molecule has 0 amide bonds. The second-order valence-corrected chi connectivity index (χ2v) is 6.21. The van der Waals surface area contributed by atoms with Crippen LogP contribution in [-0.4, -0.2) is 24.0 Å². The summed E-state index contributed by atoms with van der Waals surface area (Å²) >= 11 is 0. The summed E-state index contributed by atoms with van der Waals surface area (Å²) < 4.78 is 26.9. The van der Waals surface area contributed by atoms with Crippen LogP contribution in [0.15, 0.2) is 78.9 Å². The van der Waals surface area contributed by atoms with Gasteiger partial charge in [-0.2, -0.15) is 5.10 Å². The lowest BCUT2D eigenvalue weighted by molar-refractivity contribution is 0.355. The van der Waals surface area contributed by atoms with E-state index < -0.39 is 0 Å². The van der Waals surface area contributed by atoms with Crippen LogP contribution in [-0.2, 0) is 0 Å². The molecule has 0 aliphatic heterocycles. The van der Waals surface area contributed by atoms with Crippen LogP contribution in [0, 0.1) is 5.82 Å². The summed E-state index contributed by atoms with van der Waals surface area (Å²) in [5.74, 6) is 0.890. The molecule has 0 radical (unpaired) electrons. The molecule has 3 aromatic carbocycles. The molecule has 4 nitrogen and oxygen atoms in total. The molecule has 0 atom stereocenters. The highest BCUT2D eigenvalue weighted by atomic mass is 19.1. The van der Waals surface area contributed by atoms with Crippen molar-refractivity contribution < 1.29 is 13.9 Å². The highest BCUT2D eigenvalue weighted by Gasteiger charge is 2.17. The van der Waals surface area contributed by atoms with Gasteiger partial charge in [0.15, 0.2) is 11.5 Å². The Bertz CT molecular complexity index is 1110. The van der Waals surface area contributed by atoms with Crippen molar-refractivity contribution in [3.05, 3.63) is 84.7 Å². The Morgan fingerprint density at radius 1 is 0.750 bits per heavy atom. The van der Waals surface area contributed by atoms with Crippen molar-refractivity contribution in [3.8, 4) is 39.7 Å². The predicted octanol–water partition coefficient (Wildman–Crippen LogP) is 5.36. The van der Waals surface area contributed by atoms with Gasteiger partial charge in [-0.1, -0.05) is 42.5 Å². The van der Waals surface area contributed by atoms with Crippen molar-refractivity contribution in [2.45, 2.75) is 0 Å². The maximum absolute atomic E-state index is 14.5. The fourth-order valence-electron chi connectivity index (χ4n) is 3.14. The molecule has 4 aromatic rings. The molecule has 0 spiro atoms. The number of nitrogens with zero attached hydrogens (tertiary/aromatic N) is 2. The van der Waals surface area contributed by atoms with Crippen LogP contribution in [0.2, 0.25) is 0 Å². The summed E-state index contributed by atoms with van der Waals surface area (Å²) in [7, 11) is 3.18. The zero-order chi connectivity index (χ0) is 19.5. The summed E-state index contributed by atoms with van der Waals surface area (Å²) in [5.41, 5.74) is 3.70. The molecule has 0 saturated carbocycles. The molecule has 5 heteroatoms. The first-order valence-corrected chi connectivity index (χ1v) is 8.84. The maximum Gasteiger partial charge on any atom is 0.161 e. The van der Waals surface area contributed by atoms with Crippen molar-refractivity contribution in [2.24, 2.45) is 0 Å². The Labute approximate surface area is 162 Å². The standard InChI is InChI=1S/C23H19FN2O2/c1-27-22-13-12-17(14-23(22)28-2)21-15-19(16-8-4-3-5-9-16)25-26(21)20-11-7-6-10-18(20)24/h3-15H,1-2H3. The van der Waals surface area contributed by atoms with Gasteiger partial charge in [0.2, 0.25) is 0 Å². The highest BCUT2D eigenvalue weighted by molar-refractivity contribution is 5.72. The molecule has 0 N–H and O–H groups in total. The molecule has 0 aliphatic carbocycles. The number of hydrogen-bond acceptors (Lipinski definition) is 3. The second kappa shape index (κ2) is 7.56. The first-order valence-electron chi connectivity index (χ1n) is 8.84. The number of aromatic nitrogens is 2. The topological polar surface area (TPSA) is 36.3 Å². The first kappa shape index (κ1) is 17.8. The van der Waals surface area contributed by atoms with Gasteiger partial charge >= 0.3 is 0 Å². The molecule has 0 aliphatic rings. The summed E-state index contributed by atoms with van der Waals surface area (Å²) in [6.07, 6.45) is 0. The minimum absolute atomic E-state index is 0.341. The van der Waals surface area contributed by atoms with E-state index >= 15 is 0 Å². The van der Waals surface area contributed by atoms with Gasteiger partial charge in [0.1, 0.15) is 11.5 Å². The van der Waals surface area contributed by atoms with Crippen LogP contribution in [0.1, 0.15) is 0 Å². The average molecular weight is 374 g/mol. The van der Waals surface area contributed by atoms with Crippen molar-refractivity contribution in [1.82, 2.24) is 9.78 Å². The van der Waals surface area contributed by atoms with Crippen LogP contribution >= 0.6 is 0 Å². The Morgan fingerprint density at radius 2 is 1.46 bits per heavy atom. The van der Waals surface area contributed by atoms with Gasteiger partial charge in [-0.25, -0.2) is 9.07 Å². The number of hydrogen-bond donors (Lipinski definition) is 0. The number of methoxy groups -OCH3 is 2. The zero-order valence-electron chi connectivity index (χ0n) is 15.6. The minimum Gasteiger partial charge on any atom is -0.493 e. The van der Waals surface area contributed by atoms with Gasteiger partial charge in [0.05, 0.1) is 25.6 Å². The van der Waals surface area contributed by atoms with Gasteiger partial charge in [-0.05, 0) is 36.4 Å². The van der Waals surface area contributed by atoms with Crippen molar-refractivity contribution >= 4 is 0 Å². The van der Waals surface area contributed by atoms with E-state index in [1.165, 1.54) is 6.07 Å².